The molecular weight excluding hydrogens is 218 g/mol. The summed E-state index contributed by atoms with van der Waals surface area (Å²) >= 11 is 0. The molecule has 0 aliphatic carbocycles. The van der Waals surface area contributed by atoms with Crippen LogP contribution in [0, 0.1) is 11.3 Å². The number of fused-ring (bicyclic) bond motifs is 1. The van der Waals surface area contributed by atoms with E-state index in [1.165, 1.54) is 0 Å². The van der Waals surface area contributed by atoms with Gasteiger partial charge in [-0.1, -0.05) is 0 Å². The molecule has 6 heteroatoms. The van der Waals surface area contributed by atoms with Gasteiger partial charge >= 0.3 is 0 Å². The number of anilines is 1. The fraction of sp³-hybridized carbons (Fsp3) is 0.182. The molecule has 0 spiro atoms. The Kier molecular flexibility index (Phi) is 2.92. The maximum atomic E-state index is 11.4. The standard InChI is InChI=1S/C11H11N5O/c12-3-4-14-11(17)7-16-10-5-9(13)2-1-8(10)6-15-16/h1-2,5-6H,4,7,13H2,(H,14,17). The zero-order valence-electron chi connectivity index (χ0n) is 9.05. The van der Waals surface area contributed by atoms with Gasteiger partial charge in [0, 0.05) is 11.1 Å². The molecule has 0 radical (unpaired) electrons. The summed E-state index contributed by atoms with van der Waals surface area (Å²) in [7, 11) is 0. The minimum atomic E-state index is -0.251. The lowest BCUT2D eigenvalue weighted by Gasteiger charge is -2.03. The largest absolute Gasteiger partial charge is 0.399 e. The van der Waals surface area contributed by atoms with E-state index >= 15 is 0 Å². The van der Waals surface area contributed by atoms with Crippen LogP contribution in [0.25, 0.3) is 10.9 Å². The van der Waals surface area contributed by atoms with Crippen LogP contribution in [0.4, 0.5) is 5.69 Å². The summed E-state index contributed by atoms with van der Waals surface area (Å²) in [4.78, 5) is 11.4. The molecule has 0 saturated carbocycles. The van der Waals surface area contributed by atoms with E-state index in [1.54, 1.807) is 23.0 Å². The van der Waals surface area contributed by atoms with Crippen molar-refractivity contribution >= 4 is 22.5 Å². The SMILES string of the molecule is N#CCNC(=O)Cn1ncc2ccc(N)cc21. The number of aromatic nitrogens is 2. The first kappa shape index (κ1) is 11.0. The summed E-state index contributed by atoms with van der Waals surface area (Å²) in [6, 6.07) is 7.24. The van der Waals surface area contributed by atoms with Crippen molar-refractivity contribution in [1.82, 2.24) is 15.1 Å². The lowest BCUT2D eigenvalue weighted by Crippen LogP contribution is -2.28. The van der Waals surface area contributed by atoms with Crippen LogP contribution >= 0.6 is 0 Å². The summed E-state index contributed by atoms with van der Waals surface area (Å²) < 4.78 is 1.55. The average Bonchev–Trinajstić information content (AvgIpc) is 2.69. The molecular formula is C11H11N5O. The number of hydrogen-bond donors (Lipinski definition) is 2. The van der Waals surface area contributed by atoms with Crippen molar-refractivity contribution in [3.05, 3.63) is 24.4 Å². The third kappa shape index (κ3) is 2.34. The summed E-state index contributed by atoms with van der Waals surface area (Å²) in [6.07, 6.45) is 1.67. The Morgan fingerprint density at radius 2 is 2.41 bits per heavy atom. The number of hydrogen-bond acceptors (Lipinski definition) is 4. The lowest BCUT2D eigenvalue weighted by atomic mass is 10.2. The Balaban J connectivity index is 2.22. The summed E-state index contributed by atoms with van der Waals surface area (Å²) in [5.41, 5.74) is 7.10. The first-order valence-electron chi connectivity index (χ1n) is 5.05. The topological polar surface area (TPSA) is 96.7 Å². The van der Waals surface area contributed by atoms with Crippen LogP contribution < -0.4 is 11.1 Å². The maximum Gasteiger partial charge on any atom is 0.242 e. The minimum absolute atomic E-state index is 0.000172. The van der Waals surface area contributed by atoms with Crippen molar-refractivity contribution in [2.75, 3.05) is 12.3 Å². The van der Waals surface area contributed by atoms with E-state index in [4.69, 9.17) is 11.0 Å². The van der Waals surface area contributed by atoms with E-state index in [9.17, 15) is 4.79 Å². The molecule has 0 saturated heterocycles. The van der Waals surface area contributed by atoms with Gasteiger partial charge in [-0.2, -0.15) is 10.4 Å². The molecule has 0 fully saturated rings. The fourth-order valence-electron chi connectivity index (χ4n) is 1.54. The molecule has 2 aromatic rings. The number of nitriles is 1. The number of nitrogens with zero attached hydrogens (tertiary/aromatic N) is 3. The van der Waals surface area contributed by atoms with Gasteiger partial charge in [0.2, 0.25) is 5.91 Å². The summed E-state index contributed by atoms with van der Waals surface area (Å²) in [5, 5.41) is 15.8. The van der Waals surface area contributed by atoms with Gasteiger partial charge in [-0.05, 0) is 18.2 Å². The molecule has 2 rings (SSSR count). The molecule has 1 aromatic carbocycles. The van der Waals surface area contributed by atoms with E-state index in [2.05, 4.69) is 10.4 Å². The number of rotatable bonds is 3. The van der Waals surface area contributed by atoms with Crippen molar-refractivity contribution in [2.45, 2.75) is 6.54 Å². The average molecular weight is 229 g/mol. The van der Waals surface area contributed by atoms with Crippen molar-refractivity contribution in [2.24, 2.45) is 0 Å². The molecule has 1 aromatic heterocycles. The van der Waals surface area contributed by atoms with Gasteiger partial charge < -0.3 is 11.1 Å². The van der Waals surface area contributed by atoms with Crippen LogP contribution in [-0.2, 0) is 11.3 Å². The van der Waals surface area contributed by atoms with Crippen LogP contribution in [0.15, 0.2) is 24.4 Å². The van der Waals surface area contributed by atoms with Gasteiger partial charge in [-0.15, -0.1) is 0 Å². The molecule has 0 aliphatic rings. The van der Waals surface area contributed by atoms with Gasteiger partial charge in [0.25, 0.3) is 0 Å². The molecule has 17 heavy (non-hydrogen) atoms. The van der Waals surface area contributed by atoms with Crippen molar-refractivity contribution in [3.63, 3.8) is 0 Å². The second-order valence-corrected chi connectivity index (χ2v) is 3.56. The highest BCUT2D eigenvalue weighted by molar-refractivity contribution is 5.84. The Morgan fingerprint density at radius 3 is 3.18 bits per heavy atom. The number of carbonyl (C=O) groups excluding carboxylic acids is 1. The quantitative estimate of drug-likeness (QED) is 0.582. The van der Waals surface area contributed by atoms with Gasteiger partial charge in [-0.25, -0.2) is 0 Å². The Morgan fingerprint density at radius 1 is 1.59 bits per heavy atom. The van der Waals surface area contributed by atoms with Crippen LogP contribution in [-0.4, -0.2) is 22.2 Å². The van der Waals surface area contributed by atoms with Crippen LogP contribution in [0.1, 0.15) is 0 Å². The Bertz CT molecular complexity index is 595. The van der Waals surface area contributed by atoms with Crippen LogP contribution in [0.3, 0.4) is 0 Å². The van der Waals surface area contributed by atoms with Gasteiger partial charge in [-0.3, -0.25) is 9.48 Å². The Hall–Kier alpha value is -2.55. The van der Waals surface area contributed by atoms with Gasteiger partial charge in [0.1, 0.15) is 13.1 Å². The smallest absolute Gasteiger partial charge is 0.242 e. The first-order chi connectivity index (χ1) is 8.20. The second-order valence-electron chi connectivity index (χ2n) is 3.56. The highest BCUT2D eigenvalue weighted by atomic mass is 16.2. The molecule has 0 bridgehead atoms. The molecule has 3 N–H and O–H groups in total. The number of nitrogen functional groups attached to an aromatic ring is 1. The molecule has 86 valence electrons. The number of benzene rings is 1. The number of nitrogens with one attached hydrogen (secondary N) is 1. The molecule has 0 aliphatic heterocycles. The van der Waals surface area contributed by atoms with Gasteiger partial charge in [0.15, 0.2) is 0 Å². The Labute approximate surface area is 97.6 Å². The van der Waals surface area contributed by atoms with Crippen LogP contribution in [0.5, 0.6) is 0 Å². The first-order valence-corrected chi connectivity index (χ1v) is 5.05. The summed E-state index contributed by atoms with van der Waals surface area (Å²) in [5.74, 6) is -0.251. The number of nitrogens with two attached hydrogens (primary N) is 1. The summed E-state index contributed by atoms with van der Waals surface area (Å²) in [6.45, 7) is 0.0782. The normalized spacial score (nSPS) is 10.1. The van der Waals surface area contributed by atoms with Crippen molar-refractivity contribution < 1.29 is 4.79 Å². The van der Waals surface area contributed by atoms with E-state index in [1.807, 2.05) is 12.1 Å². The molecule has 6 nitrogen and oxygen atoms in total. The van der Waals surface area contributed by atoms with Crippen LogP contribution in [0.2, 0.25) is 0 Å². The molecule has 1 amide bonds. The van der Waals surface area contributed by atoms with E-state index < -0.39 is 0 Å². The lowest BCUT2D eigenvalue weighted by molar-refractivity contribution is -0.121. The highest BCUT2D eigenvalue weighted by Gasteiger charge is 2.07. The predicted molar refractivity (Wildman–Crippen MR) is 62.8 cm³/mol. The third-order valence-corrected chi connectivity index (χ3v) is 2.33. The second kappa shape index (κ2) is 4.53. The number of amides is 1. The van der Waals surface area contributed by atoms with Crippen molar-refractivity contribution in [3.8, 4) is 6.07 Å². The highest BCUT2D eigenvalue weighted by Crippen LogP contribution is 2.16. The molecule has 0 unspecified atom stereocenters. The van der Waals surface area contributed by atoms with Gasteiger partial charge in [0.05, 0.1) is 17.8 Å². The minimum Gasteiger partial charge on any atom is -0.399 e. The monoisotopic (exact) mass is 229 g/mol. The number of carbonyl (C=O) groups is 1. The predicted octanol–water partition coefficient (Wildman–Crippen LogP) is 0.258. The molecule has 1 heterocycles. The van der Waals surface area contributed by atoms with Crippen molar-refractivity contribution in [1.29, 1.82) is 5.26 Å². The van der Waals surface area contributed by atoms with E-state index in [0.717, 1.165) is 10.9 Å². The fourth-order valence-corrected chi connectivity index (χ4v) is 1.54. The maximum absolute atomic E-state index is 11.4. The van der Waals surface area contributed by atoms with E-state index in [-0.39, 0.29) is 19.0 Å². The van der Waals surface area contributed by atoms with E-state index in [0.29, 0.717) is 5.69 Å². The zero-order chi connectivity index (χ0) is 12.3. The zero-order valence-corrected chi connectivity index (χ0v) is 9.05. The molecule has 0 atom stereocenters. The third-order valence-electron chi connectivity index (χ3n) is 2.33.